The van der Waals surface area contributed by atoms with Gasteiger partial charge in [-0.05, 0) is 18.6 Å². The van der Waals surface area contributed by atoms with E-state index in [9.17, 15) is 4.79 Å². The summed E-state index contributed by atoms with van der Waals surface area (Å²) in [7, 11) is 1.00. The molecule has 4 heteroatoms. The standard InChI is InChI=1S/C8H8O2.C2H6.CH4O.CH2O/c1-6-4-2-3-5-7(6)8(9)10;3*1-2/h2-5H,1H3,(H,9,10);1-2H3;2H,1H3;1H2. The maximum Gasteiger partial charge on any atom is 0.335 e. The van der Waals surface area contributed by atoms with E-state index in [2.05, 4.69) is 0 Å². The first-order valence-corrected chi connectivity index (χ1v) is 4.74. The lowest BCUT2D eigenvalue weighted by Crippen LogP contribution is -1.97. The van der Waals surface area contributed by atoms with Crippen molar-refractivity contribution < 1.29 is 19.8 Å². The first-order valence-electron chi connectivity index (χ1n) is 4.74. The summed E-state index contributed by atoms with van der Waals surface area (Å²) in [5, 5.41) is 15.6. The third kappa shape index (κ3) is 8.90. The molecule has 1 aromatic carbocycles. The number of rotatable bonds is 1. The van der Waals surface area contributed by atoms with Crippen molar-refractivity contribution in [2.75, 3.05) is 7.11 Å². The van der Waals surface area contributed by atoms with Gasteiger partial charge in [0.2, 0.25) is 0 Å². The molecule has 0 atom stereocenters. The molecule has 2 N–H and O–H groups in total. The Kier molecular flexibility index (Phi) is 19.6. The van der Waals surface area contributed by atoms with E-state index in [0.29, 0.717) is 5.56 Å². The number of hydrogen-bond donors (Lipinski definition) is 2. The molecule has 0 heterocycles. The Balaban J connectivity index is -0.000000245. The van der Waals surface area contributed by atoms with Gasteiger partial charge in [-0.25, -0.2) is 4.79 Å². The van der Waals surface area contributed by atoms with Crippen LogP contribution in [-0.2, 0) is 4.79 Å². The number of carbonyl (C=O) groups excluding carboxylic acids is 1. The average molecular weight is 228 g/mol. The van der Waals surface area contributed by atoms with Crippen molar-refractivity contribution in [1.29, 1.82) is 0 Å². The number of carboxylic acid groups (broad SMARTS) is 1. The molecule has 0 aliphatic heterocycles. The second kappa shape index (κ2) is 15.8. The van der Waals surface area contributed by atoms with Crippen LogP contribution in [0.1, 0.15) is 29.8 Å². The average Bonchev–Trinajstić information content (AvgIpc) is 2.37. The number of carbonyl (C=O) groups is 2. The van der Waals surface area contributed by atoms with E-state index in [0.717, 1.165) is 12.7 Å². The zero-order valence-electron chi connectivity index (χ0n) is 10.2. The van der Waals surface area contributed by atoms with Crippen LogP contribution in [0, 0.1) is 6.92 Å². The largest absolute Gasteiger partial charge is 0.478 e. The maximum atomic E-state index is 10.4. The van der Waals surface area contributed by atoms with Gasteiger partial charge in [0.05, 0.1) is 5.56 Å². The molecule has 0 amide bonds. The minimum Gasteiger partial charge on any atom is -0.478 e. The monoisotopic (exact) mass is 228 g/mol. The highest BCUT2D eigenvalue weighted by Gasteiger charge is 2.02. The highest BCUT2D eigenvalue weighted by molar-refractivity contribution is 5.89. The second-order valence-electron chi connectivity index (χ2n) is 2.12. The van der Waals surface area contributed by atoms with E-state index in [1.165, 1.54) is 0 Å². The molecule has 92 valence electrons. The van der Waals surface area contributed by atoms with Crippen molar-refractivity contribution in [2.45, 2.75) is 20.8 Å². The topological polar surface area (TPSA) is 74.6 Å². The molecule has 0 spiro atoms. The highest BCUT2D eigenvalue weighted by Crippen LogP contribution is 2.05. The molecule has 0 radical (unpaired) electrons. The number of aryl methyl sites for hydroxylation is 1. The molecule has 0 unspecified atom stereocenters. The first kappa shape index (κ1) is 19.8. The summed E-state index contributed by atoms with van der Waals surface area (Å²) >= 11 is 0. The van der Waals surface area contributed by atoms with Gasteiger partial charge >= 0.3 is 5.97 Å². The van der Waals surface area contributed by atoms with Crippen LogP contribution in [0.4, 0.5) is 0 Å². The van der Waals surface area contributed by atoms with Crippen molar-refractivity contribution in [3.05, 3.63) is 35.4 Å². The number of hydrogen-bond acceptors (Lipinski definition) is 3. The Hall–Kier alpha value is -1.68. The van der Waals surface area contributed by atoms with Gasteiger partial charge in [0.1, 0.15) is 6.79 Å². The van der Waals surface area contributed by atoms with E-state index in [-0.39, 0.29) is 0 Å². The number of aliphatic hydroxyl groups excluding tert-OH is 1. The van der Waals surface area contributed by atoms with E-state index in [1.54, 1.807) is 25.1 Å². The van der Waals surface area contributed by atoms with Gasteiger partial charge in [-0.3, -0.25) is 0 Å². The zero-order valence-corrected chi connectivity index (χ0v) is 10.2. The normalized spacial score (nSPS) is 6.81. The lowest BCUT2D eigenvalue weighted by atomic mass is 10.1. The Morgan fingerprint density at radius 3 is 1.75 bits per heavy atom. The third-order valence-corrected chi connectivity index (χ3v) is 1.38. The molecule has 0 fully saturated rings. The third-order valence-electron chi connectivity index (χ3n) is 1.38. The molecule has 0 saturated carbocycles. The zero-order chi connectivity index (χ0) is 13.6. The summed E-state index contributed by atoms with van der Waals surface area (Å²) in [4.78, 5) is 18.4. The molecule has 16 heavy (non-hydrogen) atoms. The maximum absolute atomic E-state index is 10.4. The summed E-state index contributed by atoms with van der Waals surface area (Å²) in [6, 6.07) is 6.92. The summed E-state index contributed by atoms with van der Waals surface area (Å²) in [5.41, 5.74) is 1.18. The Labute approximate surface area is 96.6 Å². The summed E-state index contributed by atoms with van der Waals surface area (Å²) in [6.07, 6.45) is 0. The first-order chi connectivity index (χ1) is 7.72. The molecular formula is C12H20O4. The quantitative estimate of drug-likeness (QED) is 0.772. The van der Waals surface area contributed by atoms with Gasteiger partial charge in [-0.1, -0.05) is 32.0 Å². The van der Waals surface area contributed by atoms with Gasteiger partial charge in [0, 0.05) is 7.11 Å². The van der Waals surface area contributed by atoms with E-state index < -0.39 is 5.97 Å². The van der Waals surface area contributed by atoms with Gasteiger partial charge in [-0.15, -0.1) is 0 Å². The van der Waals surface area contributed by atoms with E-state index in [1.807, 2.05) is 26.7 Å². The molecule has 0 bridgehead atoms. The van der Waals surface area contributed by atoms with Crippen molar-refractivity contribution in [3.8, 4) is 0 Å². The lowest BCUT2D eigenvalue weighted by Gasteiger charge is -1.96. The molecular weight excluding hydrogens is 208 g/mol. The van der Waals surface area contributed by atoms with Crippen LogP contribution in [0.25, 0.3) is 0 Å². The molecule has 0 aromatic heterocycles. The fourth-order valence-electron chi connectivity index (χ4n) is 0.813. The van der Waals surface area contributed by atoms with Crippen LogP contribution in [-0.4, -0.2) is 30.1 Å². The van der Waals surface area contributed by atoms with Crippen molar-refractivity contribution in [2.24, 2.45) is 0 Å². The SMILES string of the molecule is C=O.CC.CO.Cc1ccccc1C(=O)O. The predicted octanol–water partition coefficient (Wildman–Crippen LogP) is 2.14. The molecule has 0 saturated heterocycles. The smallest absolute Gasteiger partial charge is 0.335 e. The molecule has 0 aliphatic carbocycles. The van der Waals surface area contributed by atoms with Gasteiger partial charge in [-0.2, -0.15) is 0 Å². The number of carboxylic acids is 1. The Bertz CT molecular complexity index is 271. The van der Waals surface area contributed by atoms with Gasteiger partial charge < -0.3 is 15.0 Å². The van der Waals surface area contributed by atoms with E-state index >= 15 is 0 Å². The minimum atomic E-state index is -0.863. The second-order valence-corrected chi connectivity index (χ2v) is 2.12. The number of benzene rings is 1. The van der Waals surface area contributed by atoms with Gasteiger partial charge in [0.25, 0.3) is 0 Å². The number of aliphatic hydroxyl groups is 1. The van der Waals surface area contributed by atoms with Crippen LogP contribution in [0.2, 0.25) is 0 Å². The van der Waals surface area contributed by atoms with Crippen LogP contribution >= 0.6 is 0 Å². The fourth-order valence-corrected chi connectivity index (χ4v) is 0.813. The highest BCUT2D eigenvalue weighted by atomic mass is 16.4. The predicted molar refractivity (Wildman–Crippen MR) is 64.8 cm³/mol. The molecule has 1 aromatic rings. The van der Waals surface area contributed by atoms with Crippen molar-refractivity contribution >= 4 is 12.8 Å². The van der Waals surface area contributed by atoms with Crippen molar-refractivity contribution in [1.82, 2.24) is 0 Å². The van der Waals surface area contributed by atoms with Crippen LogP contribution < -0.4 is 0 Å². The summed E-state index contributed by atoms with van der Waals surface area (Å²) in [5.74, 6) is -0.863. The van der Waals surface area contributed by atoms with Crippen LogP contribution in [0.5, 0.6) is 0 Å². The van der Waals surface area contributed by atoms with Crippen LogP contribution in [0.3, 0.4) is 0 Å². The Morgan fingerprint density at radius 2 is 1.50 bits per heavy atom. The van der Waals surface area contributed by atoms with Crippen LogP contribution in [0.15, 0.2) is 24.3 Å². The molecule has 4 nitrogen and oxygen atoms in total. The Morgan fingerprint density at radius 1 is 1.12 bits per heavy atom. The fraction of sp³-hybridized carbons (Fsp3) is 0.333. The van der Waals surface area contributed by atoms with Gasteiger partial charge in [0.15, 0.2) is 0 Å². The summed E-state index contributed by atoms with van der Waals surface area (Å²) < 4.78 is 0. The summed E-state index contributed by atoms with van der Waals surface area (Å²) in [6.45, 7) is 7.78. The lowest BCUT2D eigenvalue weighted by molar-refractivity contribution is -0.0980. The molecule has 1 rings (SSSR count). The number of aromatic carboxylic acids is 1. The van der Waals surface area contributed by atoms with E-state index in [4.69, 9.17) is 15.0 Å². The minimum absolute atomic E-state index is 0.377. The van der Waals surface area contributed by atoms with Crippen molar-refractivity contribution in [3.63, 3.8) is 0 Å². The molecule has 0 aliphatic rings.